The number of fused-ring (bicyclic) bond motifs is 3. The Morgan fingerprint density at radius 2 is 0.857 bits per heavy atom. The minimum Gasteiger partial charge on any atom is -0.0613 e. The third kappa shape index (κ3) is 3.57. The Balaban J connectivity index is 1.96. The largest absolute Gasteiger partial charge is 0.0713 e. The van der Waals surface area contributed by atoms with E-state index in [0.29, 0.717) is 0 Å². The predicted molar refractivity (Wildman–Crippen MR) is 151 cm³/mol. The fraction of sp³-hybridized carbons (Fsp3) is 0.314. The second-order valence-corrected chi connectivity index (χ2v) is 10.2. The summed E-state index contributed by atoms with van der Waals surface area (Å²) in [6, 6.07) is 28.8. The Morgan fingerprint density at radius 1 is 0.457 bits per heavy atom. The van der Waals surface area contributed by atoms with E-state index in [-0.39, 0.29) is 5.41 Å². The van der Waals surface area contributed by atoms with Crippen LogP contribution in [0.15, 0.2) is 72.8 Å². The number of benzene rings is 4. The average Bonchev–Trinajstić information content (AvgIpc) is 3.16. The monoisotopic (exact) mass is 458 g/mol. The number of rotatable bonds is 6. The third-order valence-electron chi connectivity index (χ3n) is 8.25. The Morgan fingerprint density at radius 3 is 1.23 bits per heavy atom. The van der Waals surface area contributed by atoms with E-state index in [0.717, 1.165) is 25.7 Å². The van der Waals surface area contributed by atoms with E-state index < -0.39 is 0 Å². The van der Waals surface area contributed by atoms with Crippen LogP contribution in [0.4, 0.5) is 0 Å². The van der Waals surface area contributed by atoms with Crippen LogP contribution in [0.2, 0.25) is 0 Å². The van der Waals surface area contributed by atoms with Crippen LogP contribution in [0.1, 0.15) is 83.3 Å². The van der Waals surface area contributed by atoms with Gasteiger partial charge < -0.3 is 0 Å². The van der Waals surface area contributed by atoms with Crippen molar-refractivity contribution in [2.45, 2.75) is 72.6 Å². The van der Waals surface area contributed by atoms with Crippen LogP contribution >= 0.6 is 0 Å². The van der Waals surface area contributed by atoms with E-state index in [9.17, 15) is 0 Å². The molecule has 1 aliphatic rings. The van der Waals surface area contributed by atoms with Crippen molar-refractivity contribution in [3.05, 3.63) is 128 Å². The highest BCUT2D eigenvalue weighted by Gasteiger charge is 2.46. The summed E-state index contributed by atoms with van der Waals surface area (Å²) in [4.78, 5) is 0. The van der Waals surface area contributed by atoms with Crippen molar-refractivity contribution in [3.8, 4) is 11.1 Å². The first-order valence-electron chi connectivity index (χ1n) is 13.4. The summed E-state index contributed by atoms with van der Waals surface area (Å²) in [5.41, 5.74) is 16.6. The molecule has 0 bridgehead atoms. The summed E-state index contributed by atoms with van der Waals surface area (Å²) < 4.78 is 0. The molecule has 0 radical (unpaired) electrons. The van der Waals surface area contributed by atoms with E-state index in [1.54, 1.807) is 0 Å². The predicted octanol–water partition coefficient (Wildman–Crippen LogP) is 8.92. The van der Waals surface area contributed by atoms with E-state index in [4.69, 9.17) is 0 Å². The topological polar surface area (TPSA) is 0 Å². The van der Waals surface area contributed by atoms with Crippen LogP contribution in [-0.4, -0.2) is 0 Å². The molecule has 0 fully saturated rings. The van der Waals surface area contributed by atoms with Crippen molar-refractivity contribution in [3.63, 3.8) is 0 Å². The minimum absolute atomic E-state index is 0.310. The zero-order valence-corrected chi connectivity index (χ0v) is 22.3. The van der Waals surface area contributed by atoms with Gasteiger partial charge in [-0.25, -0.2) is 0 Å². The van der Waals surface area contributed by atoms with Gasteiger partial charge in [0.1, 0.15) is 0 Å². The van der Waals surface area contributed by atoms with Crippen LogP contribution < -0.4 is 0 Å². The molecule has 4 aromatic carbocycles. The summed E-state index contributed by atoms with van der Waals surface area (Å²) in [6.07, 6.45) is 4.27. The smallest absolute Gasteiger partial charge is 0.0613 e. The SMILES string of the molecule is CCc1ccc(C2(c3ccc(CC)c(CC)c3)c3cc(C)ccc3-c3ccc(C)cc32)cc1CC. The lowest BCUT2D eigenvalue weighted by Crippen LogP contribution is -2.29. The molecular weight excluding hydrogens is 420 g/mol. The molecule has 0 nitrogen and oxygen atoms in total. The summed E-state index contributed by atoms with van der Waals surface area (Å²) in [6.45, 7) is 13.6. The highest BCUT2D eigenvalue weighted by atomic mass is 14.5. The molecule has 0 spiro atoms. The Hall–Kier alpha value is -3.12. The molecule has 0 amide bonds. The molecule has 0 heteroatoms. The molecule has 35 heavy (non-hydrogen) atoms. The van der Waals surface area contributed by atoms with Gasteiger partial charge in [-0.15, -0.1) is 0 Å². The molecule has 178 valence electrons. The quantitative estimate of drug-likeness (QED) is 0.238. The van der Waals surface area contributed by atoms with Gasteiger partial charge in [0.2, 0.25) is 0 Å². The molecule has 0 saturated heterocycles. The van der Waals surface area contributed by atoms with Gasteiger partial charge >= 0.3 is 0 Å². The first kappa shape index (κ1) is 23.6. The first-order valence-corrected chi connectivity index (χ1v) is 13.4. The van der Waals surface area contributed by atoms with Crippen LogP contribution in [0.3, 0.4) is 0 Å². The van der Waals surface area contributed by atoms with Crippen molar-refractivity contribution < 1.29 is 0 Å². The van der Waals surface area contributed by atoms with E-state index in [1.807, 2.05) is 0 Å². The van der Waals surface area contributed by atoms with E-state index in [1.165, 1.54) is 66.8 Å². The van der Waals surface area contributed by atoms with Gasteiger partial charge in [0, 0.05) is 0 Å². The van der Waals surface area contributed by atoms with E-state index in [2.05, 4.69) is 114 Å². The molecule has 5 rings (SSSR count). The Kier molecular flexibility index (Phi) is 6.18. The Bertz CT molecular complexity index is 1290. The van der Waals surface area contributed by atoms with Crippen molar-refractivity contribution in [2.24, 2.45) is 0 Å². The van der Waals surface area contributed by atoms with Gasteiger partial charge in [0.25, 0.3) is 0 Å². The maximum atomic E-state index is 2.52. The van der Waals surface area contributed by atoms with Crippen LogP contribution in [0, 0.1) is 13.8 Å². The Labute approximate surface area is 212 Å². The average molecular weight is 459 g/mol. The van der Waals surface area contributed by atoms with Crippen molar-refractivity contribution in [1.29, 1.82) is 0 Å². The molecule has 0 saturated carbocycles. The van der Waals surface area contributed by atoms with Gasteiger partial charge in [-0.2, -0.15) is 0 Å². The molecule has 0 aromatic heterocycles. The molecular formula is C35H38. The maximum Gasteiger partial charge on any atom is 0.0713 e. The van der Waals surface area contributed by atoms with Crippen molar-refractivity contribution in [2.75, 3.05) is 0 Å². The van der Waals surface area contributed by atoms with E-state index >= 15 is 0 Å². The molecule has 1 aliphatic carbocycles. The highest BCUT2D eigenvalue weighted by Crippen LogP contribution is 2.56. The fourth-order valence-corrected chi connectivity index (χ4v) is 6.41. The van der Waals surface area contributed by atoms with Crippen LogP contribution in [0.5, 0.6) is 0 Å². The standard InChI is InChI=1S/C35H38/c1-7-25-13-15-29(21-27(25)9-3)35(30-16-14-26(8-2)28(10-4)22-30)33-19-23(5)11-17-31(33)32-18-12-24(6)20-34(32)35/h11-22H,7-10H2,1-6H3. The first-order chi connectivity index (χ1) is 17.0. The summed E-state index contributed by atoms with van der Waals surface area (Å²) in [7, 11) is 0. The summed E-state index contributed by atoms with van der Waals surface area (Å²) >= 11 is 0. The van der Waals surface area contributed by atoms with Gasteiger partial charge in [-0.05, 0) is 95.2 Å². The van der Waals surface area contributed by atoms with Crippen LogP contribution in [0.25, 0.3) is 11.1 Å². The van der Waals surface area contributed by atoms with Crippen molar-refractivity contribution in [1.82, 2.24) is 0 Å². The summed E-state index contributed by atoms with van der Waals surface area (Å²) in [5, 5.41) is 0. The van der Waals surface area contributed by atoms with Gasteiger partial charge in [0.15, 0.2) is 0 Å². The number of aryl methyl sites for hydroxylation is 6. The highest BCUT2D eigenvalue weighted by molar-refractivity contribution is 5.87. The number of hydrogen-bond acceptors (Lipinski definition) is 0. The van der Waals surface area contributed by atoms with Gasteiger partial charge in [-0.3, -0.25) is 0 Å². The lowest BCUT2D eigenvalue weighted by atomic mass is 9.66. The summed E-state index contributed by atoms with van der Waals surface area (Å²) in [5.74, 6) is 0. The zero-order chi connectivity index (χ0) is 24.7. The second kappa shape index (κ2) is 9.15. The fourth-order valence-electron chi connectivity index (χ4n) is 6.41. The molecule has 0 atom stereocenters. The molecule has 0 aliphatic heterocycles. The molecule has 0 unspecified atom stereocenters. The lowest BCUT2D eigenvalue weighted by molar-refractivity contribution is 0.759. The van der Waals surface area contributed by atoms with Crippen LogP contribution in [-0.2, 0) is 31.1 Å². The van der Waals surface area contributed by atoms with Gasteiger partial charge in [0.05, 0.1) is 5.41 Å². The third-order valence-corrected chi connectivity index (χ3v) is 8.25. The molecule has 0 heterocycles. The minimum atomic E-state index is -0.310. The molecule has 0 N–H and O–H groups in total. The maximum absolute atomic E-state index is 2.52. The lowest BCUT2D eigenvalue weighted by Gasteiger charge is -2.35. The van der Waals surface area contributed by atoms with Gasteiger partial charge in [-0.1, -0.05) is 112 Å². The van der Waals surface area contributed by atoms with Crippen molar-refractivity contribution >= 4 is 0 Å². The normalized spacial score (nSPS) is 13.5. The molecule has 4 aromatic rings. The second-order valence-electron chi connectivity index (χ2n) is 10.2. The zero-order valence-electron chi connectivity index (χ0n) is 22.3. The number of hydrogen-bond donors (Lipinski definition) is 0.